The van der Waals surface area contributed by atoms with Gasteiger partial charge in [0.05, 0.1) is 0 Å². The van der Waals surface area contributed by atoms with Gasteiger partial charge in [0.15, 0.2) is 5.78 Å². The third-order valence-electron chi connectivity index (χ3n) is 2.62. The van der Waals surface area contributed by atoms with Crippen LogP contribution in [0.4, 0.5) is 5.69 Å². The van der Waals surface area contributed by atoms with Crippen molar-refractivity contribution >= 4 is 39.0 Å². The van der Waals surface area contributed by atoms with E-state index in [1.54, 1.807) is 36.4 Å². The monoisotopic (exact) mass is 323 g/mol. The van der Waals surface area contributed by atoms with Crippen molar-refractivity contribution in [2.75, 3.05) is 5.73 Å². The fourth-order valence-electron chi connectivity index (χ4n) is 1.78. The zero-order valence-electron chi connectivity index (χ0n) is 9.71. The quantitative estimate of drug-likeness (QED) is 0.664. The average molecular weight is 325 g/mol. The normalized spacial score (nSPS) is 10.4. The number of benzene rings is 2. The molecule has 0 fully saturated rings. The van der Waals surface area contributed by atoms with Crippen LogP contribution in [0, 0.1) is 6.92 Å². The van der Waals surface area contributed by atoms with Gasteiger partial charge in [-0.15, -0.1) is 0 Å². The van der Waals surface area contributed by atoms with Crippen molar-refractivity contribution in [3.63, 3.8) is 0 Å². The maximum atomic E-state index is 12.4. The Bertz CT molecular complexity index is 605. The van der Waals surface area contributed by atoms with Crippen molar-refractivity contribution in [2.24, 2.45) is 0 Å². The highest BCUT2D eigenvalue weighted by molar-refractivity contribution is 9.10. The van der Waals surface area contributed by atoms with Crippen LogP contribution in [-0.2, 0) is 0 Å². The molecule has 0 radical (unpaired) electrons. The Hall–Kier alpha value is -1.32. The maximum Gasteiger partial charge on any atom is 0.193 e. The molecule has 0 aromatic heterocycles. The Morgan fingerprint density at radius 2 is 1.94 bits per heavy atom. The summed E-state index contributed by atoms with van der Waals surface area (Å²) in [6.45, 7) is 1.86. The van der Waals surface area contributed by atoms with Gasteiger partial charge in [-0.2, -0.15) is 0 Å². The molecule has 0 unspecified atom stereocenters. The minimum atomic E-state index is -0.0595. The van der Waals surface area contributed by atoms with Crippen LogP contribution in [0.3, 0.4) is 0 Å². The lowest BCUT2D eigenvalue weighted by Gasteiger charge is -2.07. The minimum absolute atomic E-state index is 0.0595. The Kier molecular flexibility index (Phi) is 3.73. The van der Waals surface area contributed by atoms with Crippen molar-refractivity contribution in [1.29, 1.82) is 0 Å². The molecule has 4 heteroatoms. The Labute approximate surface area is 119 Å². The van der Waals surface area contributed by atoms with Crippen molar-refractivity contribution < 1.29 is 4.79 Å². The van der Waals surface area contributed by atoms with Crippen molar-refractivity contribution in [3.05, 3.63) is 62.6 Å². The third kappa shape index (κ3) is 2.74. The van der Waals surface area contributed by atoms with Crippen LogP contribution in [0.2, 0.25) is 5.02 Å². The van der Waals surface area contributed by atoms with Gasteiger partial charge in [0.1, 0.15) is 0 Å². The number of carbonyl (C=O) groups excluding carboxylic acids is 1. The van der Waals surface area contributed by atoms with Gasteiger partial charge in [-0.3, -0.25) is 4.79 Å². The summed E-state index contributed by atoms with van der Waals surface area (Å²) in [6.07, 6.45) is 0. The number of nitrogens with two attached hydrogens (primary N) is 1. The van der Waals surface area contributed by atoms with Crippen LogP contribution in [-0.4, -0.2) is 5.78 Å². The van der Waals surface area contributed by atoms with E-state index in [2.05, 4.69) is 15.9 Å². The van der Waals surface area contributed by atoms with Gasteiger partial charge < -0.3 is 5.73 Å². The molecular weight excluding hydrogens is 314 g/mol. The Morgan fingerprint density at radius 3 is 2.56 bits per heavy atom. The maximum absolute atomic E-state index is 12.4. The predicted octanol–water partition coefficient (Wildman–Crippen LogP) is 4.22. The van der Waals surface area contributed by atoms with Gasteiger partial charge in [0.2, 0.25) is 0 Å². The summed E-state index contributed by atoms with van der Waals surface area (Å²) in [5, 5.41) is 0.529. The third-order valence-corrected chi connectivity index (χ3v) is 3.30. The lowest BCUT2D eigenvalue weighted by Crippen LogP contribution is -2.04. The van der Waals surface area contributed by atoms with Gasteiger partial charge in [-0.1, -0.05) is 27.5 Å². The van der Waals surface area contributed by atoms with Crippen molar-refractivity contribution in [2.45, 2.75) is 6.92 Å². The zero-order valence-corrected chi connectivity index (χ0v) is 12.0. The molecule has 0 bridgehead atoms. The van der Waals surface area contributed by atoms with Crippen LogP contribution in [0.1, 0.15) is 21.5 Å². The molecule has 0 saturated heterocycles. The summed E-state index contributed by atoms with van der Waals surface area (Å²) in [4.78, 5) is 12.4. The molecule has 0 aliphatic carbocycles. The number of hydrogen-bond acceptors (Lipinski definition) is 2. The number of aryl methyl sites for hydroxylation is 1. The Morgan fingerprint density at radius 1 is 1.22 bits per heavy atom. The first-order chi connectivity index (χ1) is 8.47. The summed E-state index contributed by atoms with van der Waals surface area (Å²) in [7, 11) is 0. The molecule has 0 aliphatic heterocycles. The summed E-state index contributed by atoms with van der Waals surface area (Å²) >= 11 is 9.27. The number of halogens is 2. The first-order valence-electron chi connectivity index (χ1n) is 5.34. The van der Waals surface area contributed by atoms with E-state index in [0.29, 0.717) is 21.8 Å². The van der Waals surface area contributed by atoms with Crippen LogP contribution in [0.5, 0.6) is 0 Å². The van der Waals surface area contributed by atoms with E-state index in [0.717, 1.165) is 10.0 Å². The number of nitrogen functional groups attached to an aromatic ring is 1. The fourth-order valence-corrected chi connectivity index (χ4v) is 2.64. The van der Waals surface area contributed by atoms with Gasteiger partial charge >= 0.3 is 0 Å². The molecule has 0 amide bonds. The molecule has 0 spiro atoms. The molecule has 18 heavy (non-hydrogen) atoms. The van der Waals surface area contributed by atoms with Crippen molar-refractivity contribution in [1.82, 2.24) is 0 Å². The van der Waals surface area contributed by atoms with E-state index in [1.807, 2.05) is 6.92 Å². The second kappa shape index (κ2) is 5.12. The van der Waals surface area contributed by atoms with E-state index < -0.39 is 0 Å². The average Bonchev–Trinajstić information content (AvgIpc) is 2.26. The SMILES string of the molecule is Cc1cc(N)ccc1C(=O)c1cc(Cl)cc(Br)c1. The molecule has 0 aliphatic rings. The molecule has 2 aromatic carbocycles. The van der Waals surface area contributed by atoms with Gasteiger partial charge in [-0.25, -0.2) is 0 Å². The smallest absolute Gasteiger partial charge is 0.193 e. The van der Waals surface area contributed by atoms with E-state index in [9.17, 15) is 4.79 Å². The lowest BCUT2D eigenvalue weighted by atomic mass is 9.99. The van der Waals surface area contributed by atoms with E-state index in [4.69, 9.17) is 17.3 Å². The molecule has 2 rings (SSSR count). The van der Waals surface area contributed by atoms with Gasteiger partial charge in [0, 0.05) is 26.3 Å². The number of carbonyl (C=O) groups is 1. The number of anilines is 1. The lowest BCUT2D eigenvalue weighted by molar-refractivity contribution is 0.103. The zero-order chi connectivity index (χ0) is 13.3. The topological polar surface area (TPSA) is 43.1 Å². The number of ketones is 1. The largest absolute Gasteiger partial charge is 0.399 e. The highest BCUT2D eigenvalue weighted by Crippen LogP contribution is 2.23. The highest BCUT2D eigenvalue weighted by atomic mass is 79.9. The minimum Gasteiger partial charge on any atom is -0.399 e. The van der Waals surface area contributed by atoms with Crippen LogP contribution < -0.4 is 5.73 Å². The van der Waals surface area contributed by atoms with Crippen LogP contribution >= 0.6 is 27.5 Å². The summed E-state index contributed by atoms with van der Waals surface area (Å²) in [5.74, 6) is -0.0595. The van der Waals surface area contributed by atoms with Gasteiger partial charge in [0.25, 0.3) is 0 Å². The van der Waals surface area contributed by atoms with Gasteiger partial charge in [-0.05, 0) is 48.9 Å². The molecule has 2 N–H and O–H groups in total. The summed E-state index contributed by atoms with van der Waals surface area (Å²) < 4.78 is 0.784. The second-order valence-corrected chi connectivity index (χ2v) is 5.41. The first-order valence-corrected chi connectivity index (χ1v) is 6.51. The fraction of sp³-hybridized carbons (Fsp3) is 0.0714. The molecular formula is C14H11BrClNO. The van der Waals surface area contributed by atoms with Crippen LogP contribution in [0.25, 0.3) is 0 Å². The van der Waals surface area contributed by atoms with E-state index in [-0.39, 0.29) is 5.78 Å². The van der Waals surface area contributed by atoms with Crippen LogP contribution in [0.15, 0.2) is 40.9 Å². The Balaban J connectivity index is 2.47. The molecule has 2 aromatic rings. The predicted molar refractivity (Wildman–Crippen MR) is 78.2 cm³/mol. The van der Waals surface area contributed by atoms with Crippen molar-refractivity contribution in [3.8, 4) is 0 Å². The molecule has 0 heterocycles. The number of rotatable bonds is 2. The second-order valence-electron chi connectivity index (χ2n) is 4.06. The summed E-state index contributed by atoms with van der Waals surface area (Å²) in [5.41, 5.74) is 8.38. The summed E-state index contributed by atoms with van der Waals surface area (Å²) in [6, 6.07) is 10.4. The van der Waals surface area contributed by atoms with E-state index in [1.165, 1.54) is 0 Å². The highest BCUT2D eigenvalue weighted by Gasteiger charge is 2.13. The molecule has 2 nitrogen and oxygen atoms in total. The molecule has 0 saturated carbocycles. The molecule has 92 valence electrons. The van der Waals surface area contributed by atoms with E-state index >= 15 is 0 Å². The molecule has 0 atom stereocenters. The number of hydrogen-bond donors (Lipinski definition) is 1. The standard InChI is InChI=1S/C14H11BrClNO/c1-8-4-12(17)2-3-13(8)14(18)9-5-10(15)7-11(16)6-9/h2-7H,17H2,1H3. The first kappa shape index (κ1) is 13.1.